The van der Waals surface area contributed by atoms with Crippen LogP contribution in [0.3, 0.4) is 0 Å². The second kappa shape index (κ2) is 9.57. The Kier molecular flexibility index (Phi) is 5.71. The molecule has 4 atom stereocenters. The first kappa shape index (κ1) is 26.3. The van der Waals surface area contributed by atoms with Crippen molar-refractivity contribution in [2.24, 2.45) is 17.8 Å². The summed E-state index contributed by atoms with van der Waals surface area (Å²) in [5.74, 6) is -3.10. The minimum Gasteiger partial charge on any atom is -0.508 e. The summed E-state index contributed by atoms with van der Waals surface area (Å²) in [5, 5.41) is 10.9. The van der Waals surface area contributed by atoms with Gasteiger partial charge in [0, 0.05) is 33.8 Å². The number of carbonyl (C=O) groups is 4. The lowest BCUT2D eigenvalue weighted by atomic mass is 9.59. The van der Waals surface area contributed by atoms with Crippen LogP contribution in [0.4, 0.5) is 5.69 Å². The quantitative estimate of drug-likeness (QED) is 0.183. The number of Topliss-reactive ketones (excluding diaryl/α,β-unsaturated/α-hetero) is 1. The molecule has 4 aliphatic rings. The third-order valence-electron chi connectivity index (χ3n) is 9.48. The number of anilines is 1. The van der Waals surface area contributed by atoms with Crippen LogP contribution in [0.25, 0.3) is 22.6 Å². The van der Waals surface area contributed by atoms with Crippen LogP contribution in [0.15, 0.2) is 112 Å². The first-order valence-corrected chi connectivity index (χ1v) is 14.6. The number of rotatable bonds is 3. The average molecular weight is 583 g/mol. The van der Waals surface area contributed by atoms with E-state index < -0.39 is 23.7 Å². The molecular formula is C36H26N2O6. The molecule has 0 spiro atoms. The molecule has 4 aromatic rings. The highest BCUT2D eigenvalue weighted by Crippen LogP contribution is 2.56. The van der Waals surface area contributed by atoms with Crippen molar-refractivity contribution >= 4 is 40.2 Å². The van der Waals surface area contributed by atoms with Gasteiger partial charge in [0.1, 0.15) is 11.3 Å². The topological polar surface area (TPSA) is 118 Å². The van der Waals surface area contributed by atoms with Gasteiger partial charge in [0.2, 0.25) is 17.7 Å². The number of imide groups is 1. The average Bonchev–Trinajstić information content (AvgIpc) is 3.58. The number of para-hydroxylation sites is 3. The molecule has 8 heteroatoms. The van der Waals surface area contributed by atoms with Gasteiger partial charge in [-0.25, -0.2) is 4.98 Å². The van der Waals surface area contributed by atoms with Crippen molar-refractivity contribution in [3.8, 4) is 17.2 Å². The second-order valence-electron chi connectivity index (χ2n) is 11.8. The molecule has 1 aliphatic heterocycles. The molecule has 0 radical (unpaired) electrons. The summed E-state index contributed by atoms with van der Waals surface area (Å²) < 4.78 is 5.88. The number of phenolic OH excluding ortho intramolecular Hbond substituents is 1. The fourth-order valence-corrected chi connectivity index (χ4v) is 7.47. The lowest BCUT2D eigenvalue weighted by molar-refractivity contribution is -0.123. The van der Waals surface area contributed by atoms with Gasteiger partial charge in [-0.1, -0.05) is 42.0 Å². The van der Waals surface area contributed by atoms with Crippen molar-refractivity contribution < 1.29 is 28.7 Å². The van der Waals surface area contributed by atoms with Crippen LogP contribution in [0.1, 0.15) is 31.2 Å². The number of amides is 2. The number of fused-ring (bicyclic) bond motifs is 4. The zero-order valence-corrected chi connectivity index (χ0v) is 23.7. The molecule has 3 aliphatic carbocycles. The van der Waals surface area contributed by atoms with E-state index in [0.717, 1.165) is 11.1 Å². The van der Waals surface area contributed by atoms with E-state index in [1.165, 1.54) is 11.0 Å². The van der Waals surface area contributed by atoms with Crippen LogP contribution in [-0.4, -0.2) is 33.5 Å². The first-order valence-electron chi connectivity index (χ1n) is 14.6. The third kappa shape index (κ3) is 3.73. The van der Waals surface area contributed by atoms with E-state index in [4.69, 9.17) is 4.42 Å². The fraction of sp³-hybridized carbons (Fsp3) is 0.194. The van der Waals surface area contributed by atoms with E-state index in [0.29, 0.717) is 51.4 Å². The monoisotopic (exact) mass is 582 g/mol. The van der Waals surface area contributed by atoms with Gasteiger partial charge in [-0.3, -0.25) is 24.1 Å². The normalized spacial score (nSPS) is 24.7. The van der Waals surface area contributed by atoms with Crippen molar-refractivity contribution in [3.63, 3.8) is 0 Å². The molecule has 1 aromatic heterocycles. The van der Waals surface area contributed by atoms with Gasteiger partial charge in [-0.2, -0.15) is 0 Å². The zero-order chi connectivity index (χ0) is 30.3. The van der Waals surface area contributed by atoms with Gasteiger partial charge < -0.3 is 9.52 Å². The van der Waals surface area contributed by atoms with Crippen LogP contribution < -0.4 is 4.90 Å². The van der Waals surface area contributed by atoms with Gasteiger partial charge >= 0.3 is 0 Å². The Labute approximate surface area is 252 Å². The van der Waals surface area contributed by atoms with Crippen molar-refractivity contribution in [1.82, 2.24) is 4.98 Å². The molecule has 8 nitrogen and oxygen atoms in total. The van der Waals surface area contributed by atoms with Crippen molar-refractivity contribution in [2.45, 2.75) is 25.7 Å². The number of oxazole rings is 1. The maximum Gasteiger partial charge on any atom is 0.238 e. The highest BCUT2D eigenvalue weighted by Gasteiger charge is 2.56. The molecule has 44 heavy (non-hydrogen) atoms. The highest BCUT2D eigenvalue weighted by atomic mass is 16.3. The van der Waals surface area contributed by atoms with Gasteiger partial charge in [0.05, 0.1) is 17.5 Å². The smallest absolute Gasteiger partial charge is 0.238 e. The third-order valence-corrected chi connectivity index (χ3v) is 9.48. The first-order chi connectivity index (χ1) is 21.3. The standard InChI is InChI=1S/C36H26N2O6/c1-18-16-28(40)32-25(33(18)41)17-24-21(30(32)22-6-2-4-8-27(22)39)14-15-23-31(24)36(43)38(35(23)42)20-12-10-19(11-13-20)34-37-26-7-3-5-9-29(26)44-34/h2-14,16,23-24,30-31,39H,15,17H2,1H3. The van der Waals surface area contributed by atoms with E-state index in [-0.39, 0.29) is 35.6 Å². The largest absolute Gasteiger partial charge is 0.508 e. The molecule has 0 bridgehead atoms. The summed E-state index contributed by atoms with van der Waals surface area (Å²) in [5.41, 5.74) is 4.94. The summed E-state index contributed by atoms with van der Waals surface area (Å²) in [6.07, 6.45) is 3.81. The number of nitrogens with zero attached hydrogens (tertiary/aromatic N) is 2. The molecule has 3 aromatic carbocycles. The van der Waals surface area contributed by atoms with Gasteiger partial charge in [-0.15, -0.1) is 0 Å². The van der Waals surface area contributed by atoms with Crippen LogP contribution in [-0.2, 0) is 19.2 Å². The highest BCUT2D eigenvalue weighted by molar-refractivity contribution is 6.25. The molecule has 1 saturated heterocycles. The number of phenols is 1. The Hall–Kier alpha value is -5.37. The summed E-state index contributed by atoms with van der Waals surface area (Å²) in [4.78, 5) is 60.6. The molecular weight excluding hydrogens is 556 g/mol. The lowest BCUT2D eigenvalue weighted by Gasteiger charge is -2.42. The van der Waals surface area contributed by atoms with Gasteiger partial charge in [0.25, 0.3) is 0 Å². The Morgan fingerprint density at radius 3 is 2.41 bits per heavy atom. The van der Waals surface area contributed by atoms with E-state index in [2.05, 4.69) is 4.98 Å². The van der Waals surface area contributed by atoms with Gasteiger partial charge in [-0.05, 0) is 74.2 Å². The molecule has 2 heterocycles. The predicted molar refractivity (Wildman–Crippen MR) is 161 cm³/mol. The minimum atomic E-state index is -0.698. The Morgan fingerprint density at radius 1 is 0.886 bits per heavy atom. The number of aromatic hydroxyl groups is 1. The molecule has 1 N–H and O–H groups in total. The van der Waals surface area contributed by atoms with Crippen LogP contribution in [0, 0.1) is 17.8 Å². The molecule has 8 rings (SSSR count). The van der Waals surface area contributed by atoms with E-state index >= 15 is 0 Å². The van der Waals surface area contributed by atoms with E-state index in [1.54, 1.807) is 55.5 Å². The Bertz CT molecular complexity index is 2010. The van der Waals surface area contributed by atoms with Crippen molar-refractivity contribution in [3.05, 3.63) is 113 Å². The molecule has 1 fully saturated rings. The maximum atomic E-state index is 14.2. The molecule has 0 saturated carbocycles. The number of ketones is 2. The number of allylic oxidation sites excluding steroid dienone is 6. The zero-order valence-electron chi connectivity index (χ0n) is 23.7. The SMILES string of the molecule is CC1=CC(=O)C2=C(CC3C(=CCC4C(=O)N(c5ccc(-c6nc7ccccc7o6)cc5)C(=O)C43)C2c2ccccc2O)C1=O. The summed E-state index contributed by atoms with van der Waals surface area (Å²) in [7, 11) is 0. The van der Waals surface area contributed by atoms with E-state index in [1.807, 2.05) is 30.3 Å². The van der Waals surface area contributed by atoms with Gasteiger partial charge in [0.15, 0.2) is 17.1 Å². The minimum absolute atomic E-state index is 0.00836. The Morgan fingerprint density at radius 2 is 1.64 bits per heavy atom. The summed E-state index contributed by atoms with van der Waals surface area (Å²) in [6, 6.07) is 21.2. The maximum absolute atomic E-state index is 14.2. The van der Waals surface area contributed by atoms with Crippen molar-refractivity contribution in [1.29, 1.82) is 0 Å². The lowest BCUT2D eigenvalue weighted by Crippen LogP contribution is -2.39. The fourth-order valence-electron chi connectivity index (χ4n) is 7.47. The number of aromatic nitrogens is 1. The second-order valence-corrected chi connectivity index (χ2v) is 11.8. The molecule has 216 valence electrons. The number of carbonyl (C=O) groups excluding carboxylic acids is 4. The molecule has 4 unspecified atom stereocenters. The predicted octanol–water partition coefficient (Wildman–Crippen LogP) is 5.83. The van der Waals surface area contributed by atoms with Crippen molar-refractivity contribution in [2.75, 3.05) is 4.90 Å². The Balaban J connectivity index is 1.17. The van der Waals surface area contributed by atoms with E-state index in [9.17, 15) is 24.3 Å². The van der Waals surface area contributed by atoms with Crippen LogP contribution >= 0.6 is 0 Å². The number of hydrogen-bond acceptors (Lipinski definition) is 7. The molecule has 2 amide bonds. The van der Waals surface area contributed by atoms with Crippen LogP contribution in [0.2, 0.25) is 0 Å². The summed E-state index contributed by atoms with van der Waals surface area (Å²) in [6.45, 7) is 1.62. The number of hydrogen-bond donors (Lipinski definition) is 1. The summed E-state index contributed by atoms with van der Waals surface area (Å²) >= 11 is 0. The number of benzene rings is 3. The van der Waals surface area contributed by atoms with Crippen LogP contribution in [0.5, 0.6) is 5.75 Å².